The number of hydrogen-bond acceptors (Lipinski definition) is 4. The van der Waals surface area contributed by atoms with E-state index >= 15 is 0 Å². The van der Waals surface area contributed by atoms with Crippen molar-refractivity contribution >= 4 is 17.8 Å². The van der Waals surface area contributed by atoms with Crippen LogP contribution >= 0.6 is 0 Å². The highest BCUT2D eigenvalue weighted by Crippen LogP contribution is 2.35. The summed E-state index contributed by atoms with van der Waals surface area (Å²) < 4.78 is 4.48. The van der Waals surface area contributed by atoms with Gasteiger partial charge in [0, 0.05) is 6.42 Å². The van der Waals surface area contributed by atoms with Gasteiger partial charge in [0.05, 0.1) is 18.4 Å². The molecule has 0 aliphatic carbocycles. The van der Waals surface area contributed by atoms with Crippen molar-refractivity contribution in [2.45, 2.75) is 26.7 Å². The lowest BCUT2D eigenvalue weighted by Gasteiger charge is -2.20. The number of rotatable bonds is 3. The minimum Gasteiger partial charge on any atom is -0.469 e. The molecule has 1 atom stereocenters. The molecule has 1 aliphatic heterocycles. The van der Waals surface area contributed by atoms with Crippen LogP contribution in [0.15, 0.2) is 0 Å². The van der Waals surface area contributed by atoms with Crippen molar-refractivity contribution in [3.8, 4) is 0 Å². The average Bonchev–Trinajstić information content (AvgIpc) is 2.34. The van der Waals surface area contributed by atoms with Crippen LogP contribution < -0.4 is 5.32 Å². The van der Waals surface area contributed by atoms with E-state index in [1.165, 1.54) is 7.11 Å². The maximum Gasteiger partial charge on any atom is 0.305 e. The molecule has 1 aliphatic rings. The molecule has 0 aromatic heterocycles. The Bertz CT molecular complexity index is 309. The number of nitrogens with one attached hydrogen (secondary N) is 1. The van der Waals surface area contributed by atoms with Crippen molar-refractivity contribution in [2.75, 3.05) is 7.11 Å². The van der Waals surface area contributed by atoms with Crippen molar-refractivity contribution in [1.82, 2.24) is 5.32 Å². The molecule has 1 unspecified atom stereocenters. The predicted molar refractivity (Wildman–Crippen MR) is 51.7 cm³/mol. The molecule has 1 rings (SSSR count). The highest BCUT2D eigenvalue weighted by molar-refractivity contribution is 6.07. The lowest BCUT2D eigenvalue weighted by molar-refractivity contribution is -0.141. The van der Waals surface area contributed by atoms with Crippen LogP contribution in [-0.2, 0) is 19.1 Å². The number of hydrogen-bond donors (Lipinski definition) is 1. The standard InChI is InChI=1S/C10H15NO4/c1-10(2)6(4-5-7(12)15-3)8(13)11-9(10)14/h6H,4-5H2,1-3H3,(H,11,13,14). The van der Waals surface area contributed by atoms with Crippen LogP contribution in [0.2, 0.25) is 0 Å². The van der Waals surface area contributed by atoms with Crippen molar-refractivity contribution in [1.29, 1.82) is 0 Å². The van der Waals surface area contributed by atoms with E-state index in [9.17, 15) is 14.4 Å². The fraction of sp³-hybridized carbons (Fsp3) is 0.700. The largest absolute Gasteiger partial charge is 0.469 e. The van der Waals surface area contributed by atoms with Gasteiger partial charge in [-0.05, 0) is 6.42 Å². The van der Waals surface area contributed by atoms with Crippen LogP contribution in [0.3, 0.4) is 0 Å². The van der Waals surface area contributed by atoms with Crippen LogP contribution in [0.5, 0.6) is 0 Å². The third kappa shape index (κ3) is 2.16. The Labute approximate surface area is 88.2 Å². The molecule has 84 valence electrons. The van der Waals surface area contributed by atoms with Gasteiger partial charge in [-0.3, -0.25) is 19.7 Å². The molecule has 1 heterocycles. The second-order valence-electron chi connectivity index (χ2n) is 4.21. The molecule has 5 nitrogen and oxygen atoms in total. The normalized spacial score (nSPS) is 23.8. The Morgan fingerprint density at radius 3 is 2.47 bits per heavy atom. The van der Waals surface area contributed by atoms with E-state index in [0.717, 1.165) is 0 Å². The maximum atomic E-state index is 11.4. The number of amides is 2. The van der Waals surface area contributed by atoms with Gasteiger partial charge in [0.2, 0.25) is 11.8 Å². The van der Waals surface area contributed by atoms with Crippen LogP contribution in [0.4, 0.5) is 0 Å². The highest BCUT2D eigenvalue weighted by atomic mass is 16.5. The fourth-order valence-electron chi connectivity index (χ4n) is 1.70. The fourth-order valence-corrected chi connectivity index (χ4v) is 1.70. The second-order valence-corrected chi connectivity index (χ2v) is 4.21. The zero-order valence-corrected chi connectivity index (χ0v) is 9.12. The molecule has 15 heavy (non-hydrogen) atoms. The molecule has 0 radical (unpaired) electrons. The van der Waals surface area contributed by atoms with Crippen molar-refractivity contribution < 1.29 is 19.1 Å². The molecule has 1 fully saturated rings. The summed E-state index contributed by atoms with van der Waals surface area (Å²) in [4.78, 5) is 33.7. The first-order valence-electron chi connectivity index (χ1n) is 4.81. The monoisotopic (exact) mass is 213 g/mol. The topological polar surface area (TPSA) is 72.5 Å². The van der Waals surface area contributed by atoms with Crippen LogP contribution in [-0.4, -0.2) is 24.9 Å². The van der Waals surface area contributed by atoms with Crippen molar-refractivity contribution in [3.05, 3.63) is 0 Å². The third-order valence-corrected chi connectivity index (χ3v) is 2.87. The molecular weight excluding hydrogens is 198 g/mol. The summed E-state index contributed by atoms with van der Waals surface area (Å²) in [5.41, 5.74) is -0.731. The number of ether oxygens (including phenoxy) is 1. The lowest BCUT2D eigenvalue weighted by Crippen LogP contribution is -2.28. The summed E-state index contributed by atoms with van der Waals surface area (Å²) in [6, 6.07) is 0. The van der Waals surface area contributed by atoms with E-state index in [0.29, 0.717) is 6.42 Å². The number of esters is 1. The number of imide groups is 1. The SMILES string of the molecule is COC(=O)CCC1C(=O)NC(=O)C1(C)C. The molecular formula is C10H15NO4. The van der Waals surface area contributed by atoms with Gasteiger partial charge in [0.15, 0.2) is 0 Å². The third-order valence-electron chi connectivity index (χ3n) is 2.87. The Balaban J connectivity index is 2.65. The first-order chi connectivity index (χ1) is 6.89. The molecule has 5 heteroatoms. The van der Waals surface area contributed by atoms with E-state index in [-0.39, 0.29) is 24.2 Å². The summed E-state index contributed by atoms with van der Waals surface area (Å²) in [5.74, 6) is -1.38. The first-order valence-corrected chi connectivity index (χ1v) is 4.81. The molecule has 1 saturated heterocycles. The second kappa shape index (κ2) is 4.00. The van der Waals surface area contributed by atoms with Gasteiger partial charge in [-0.1, -0.05) is 13.8 Å². The summed E-state index contributed by atoms with van der Waals surface area (Å²) in [6.45, 7) is 3.41. The van der Waals surface area contributed by atoms with Gasteiger partial charge in [-0.15, -0.1) is 0 Å². The van der Waals surface area contributed by atoms with Gasteiger partial charge in [0.1, 0.15) is 0 Å². The highest BCUT2D eigenvalue weighted by Gasteiger charge is 2.47. The molecule has 0 spiro atoms. The van der Waals surface area contributed by atoms with E-state index in [2.05, 4.69) is 10.1 Å². The molecule has 1 N–H and O–H groups in total. The molecule has 0 bridgehead atoms. The number of carbonyl (C=O) groups excluding carboxylic acids is 3. The summed E-state index contributed by atoms with van der Waals surface area (Å²) in [7, 11) is 1.30. The molecule has 0 aromatic carbocycles. The summed E-state index contributed by atoms with van der Waals surface area (Å²) in [5, 5.41) is 2.27. The smallest absolute Gasteiger partial charge is 0.305 e. The predicted octanol–water partition coefficient (Wildman–Crippen LogP) is 0.238. The number of carbonyl (C=O) groups is 3. The molecule has 0 aromatic rings. The minimum absolute atomic E-state index is 0.158. The summed E-state index contributed by atoms with van der Waals surface area (Å²) in [6.07, 6.45) is 0.503. The Morgan fingerprint density at radius 1 is 1.47 bits per heavy atom. The molecule has 0 saturated carbocycles. The van der Waals surface area contributed by atoms with Crippen LogP contribution in [0.1, 0.15) is 26.7 Å². The van der Waals surface area contributed by atoms with Crippen molar-refractivity contribution in [2.24, 2.45) is 11.3 Å². The van der Waals surface area contributed by atoms with Crippen molar-refractivity contribution in [3.63, 3.8) is 0 Å². The van der Waals surface area contributed by atoms with Crippen LogP contribution in [0, 0.1) is 11.3 Å². The van der Waals surface area contributed by atoms with Gasteiger partial charge in [-0.25, -0.2) is 0 Å². The lowest BCUT2D eigenvalue weighted by atomic mass is 9.78. The van der Waals surface area contributed by atoms with Gasteiger partial charge >= 0.3 is 5.97 Å². The number of methoxy groups -OCH3 is 1. The van der Waals surface area contributed by atoms with E-state index < -0.39 is 11.3 Å². The summed E-state index contributed by atoms with van der Waals surface area (Å²) >= 11 is 0. The average molecular weight is 213 g/mol. The zero-order valence-electron chi connectivity index (χ0n) is 9.12. The van der Waals surface area contributed by atoms with Gasteiger partial charge < -0.3 is 4.74 Å². The van der Waals surface area contributed by atoms with Gasteiger partial charge in [0.25, 0.3) is 0 Å². The van der Waals surface area contributed by atoms with Crippen LogP contribution in [0.25, 0.3) is 0 Å². The first kappa shape index (κ1) is 11.7. The zero-order chi connectivity index (χ0) is 11.6. The molecule has 2 amide bonds. The quantitative estimate of drug-likeness (QED) is 0.538. The maximum absolute atomic E-state index is 11.4. The minimum atomic E-state index is -0.731. The van der Waals surface area contributed by atoms with E-state index in [1.807, 2.05) is 0 Å². The van der Waals surface area contributed by atoms with Gasteiger partial charge in [-0.2, -0.15) is 0 Å². The van der Waals surface area contributed by atoms with E-state index in [1.54, 1.807) is 13.8 Å². The Morgan fingerprint density at radius 2 is 2.07 bits per heavy atom. The van der Waals surface area contributed by atoms with E-state index in [4.69, 9.17) is 0 Å². The Kier molecular flexibility index (Phi) is 3.12. The Hall–Kier alpha value is -1.39.